The fourth-order valence-electron chi connectivity index (χ4n) is 2.91. The quantitative estimate of drug-likeness (QED) is 0.804. The summed E-state index contributed by atoms with van der Waals surface area (Å²) in [5.74, 6) is 0.749. The average molecular weight is 298 g/mol. The van der Waals surface area contributed by atoms with Gasteiger partial charge in [-0.05, 0) is 24.3 Å². The van der Waals surface area contributed by atoms with Crippen LogP contribution in [0.5, 0.6) is 5.75 Å². The molecule has 1 aliphatic heterocycles. The first-order valence-electron chi connectivity index (χ1n) is 7.58. The predicted octanol–water partition coefficient (Wildman–Crippen LogP) is 3.51. The Morgan fingerprint density at radius 2 is 1.77 bits per heavy atom. The Morgan fingerprint density at radius 3 is 2.64 bits per heavy atom. The number of fused-ring (bicyclic) bond motifs is 3. The second kappa shape index (κ2) is 5.30. The summed E-state index contributed by atoms with van der Waals surface area (Å²) in [4.78, 5) is 0. The van der Waals surface area contributed by atoms with Crippen molar-refractivity contribution < 1.29 is 19.0 Å². The van der Waals surface area contributed by atoms with E-state index in [0.717, 1.165) is 27.7 Å². The van der Waals surface area contributed by atoms with Gasteiger partial charge in [0, 0.05) is 36.8 Å². The number of aliphatic hydroxyl groups is 1. The number of furan rings is 1. The molecule has 22 heavy (non-hydrogen) atoms. The van der Waals surface area contributed by atoms with E-state index in [1.54, 1.807) is 0 Å². The SMILES string of the molecule is OC1(COc2ccc3oc4ccccc4c3c2)CCOCC1. The minimum absolute atomic E-state index is 0.289. The maximum atomic E-state index is 10.5. The van der Waals surface area contributed by atoms with Crippen LogP contribution < -0.4 is 4.74 Å². The molecule has 0 bridgehead atoms. The molecule has 0 radical (unpaired) electrons. The Bertz CT molecular complexity index is 799. The third-order valence-corrected chi connectivity index (χ3v) is 4.28. The van der Waals surface area contributed by atoms with Gasteiger partial charge in [-0.3, -0.25) is 0 Å². The van der Waals surface area contributed by atoms with Crippen molar-refractivity contribution in [3.05, 3.63) is 42.5 Å². The van der Waals surface area contributed by atoms with Gasteiger partial charge in [0.15, 0.2) is 0 Å². The van der Waals surface area contributed by atoms with E-state index in [2.05, 4.69) is 0 Å². The van der Waals surface area contributed by atoms with Crippen LogP contribution in [-0.2, 0) is 4.74 Å². The lowest BCUT2D eigenvalue weighted by atomic mass is 9.96. The molecule has 0 unspecified atom stereocenters. The minimum Gasteiger partial charge on any atom is -0.491 e. The number of rotatable bonds is 3. The molecule has 2 aromatic carbocycles. The van der Waals surface area contributed by atoms with Gasteiger partial charge in [0.25, 0.3) is 0 Å². The van der Waals surface area contributed by atoms with Crippen molar-refractivity contribution in [1.29, 1.82) is 0 Å². The zero-order valence-electron chi connectivity index (χ0n) is 12.2. The number of para-hydroxylation sites is 1. The summed E-state index contributed by atoms with van der Waals surface area (Å²) in [7, 11) is 0. The van der Waals surface area contributed by atoms with E-state index >= 15 is 0 Å². The van der Waals surface area contributed by atoms with Gasteiger partial charge in [0.1, 0.15) is 29.1 Å². The molecule has 4 nitrogen and oxygen atoms in total. The molecule has 0 atom stereocenters. The molecule has 0 amide bonds. The third-order valence-electron chi connectivity index (χ3n) is 4.28. The molecule has 1 N–H and O–H groups in total. The van der Waals surface area contributed by atoms with E-state index in [9.17, 15) is 5.11 Å². The lowest BCUT2D eigenvalue weighted by Crippen LogP contribution is -2.41. The highest BCUT2D eigenvalue weighted by atomic mass is 16.5. The van der Waals surface area contributed by atoms with Gasteiger partial charge in [-0.15, -0.1) is 0 Å². The number of hydrogen-bond acceptors (Lipinski definition) is 4. The van der Waals surface area contributed by atoms with Crippen molar-refractivity contribution >= 4 is 21.9 Å². The lowest BCUT2D eigenvalue weighted by Gasteiger charge is -2.31. The molecular weight excluding hydrogens is 280 g/mol. The fraction of sp³-hybridized carbons (Fsp3) is 0.333. The van der Waals surface area contributed by atoms with Gasteiger partial charge in [0.05, 0.1) is 0 Å². The van der Waals surface area contributed by atoms with Gasteiger partial charge >= 0.3 is 0 Å². The first-order valence-corrected chi connectivity index (χ1v) is 7.58. The van der Waals surface area contributed by atoms with Crippen molar-refractivity contribution in [3.63, 3.8) is 0 Å². The molecule has 114 valence electrons. The van der Waals surface area contributed by atoms with Gasteiger partial charge in [-0.25, -0.2) is 0 Å². The Balaban J connectivity index is 1.60. The molecule has 0 saturated carbocycles. The van der Waals surface area contributed by atoms with Gasteiger partial charge < -0.3 is 19.0 Å². The first kappa shape index (κ1) is 13.6. The van der Waals surface area contributed by atoms with Crippen molar-refractivity contribution in [2.45, 2.75) is 18.4 Å². The van der Waals surface area contributed by atoms with Crippen LogP contribution in [0.25, 0.3) is 21.9 Å². The zero-order valence-corrected chi connectivity index (χ0v) is 12.2. The highest BCUT2D eigenvalue weighted by Crippen LogP contribution is 2.31. The molecular formula is C18H18O4. The third kappa shape index (κ3) is 2.45. The van der Waals surface area contributed by atoms with Crippen molar-refractivity contribution in [2.24, 2.45) is 0 Å². The molecule has 4 heteroatoms. The zero-order chi connectivity index (χ0) is 15.0. The summed E-state index contributed by atoms with van der Waals surface area (Å²) in [6, 6.07) is 13.7. The molecule has 3 aromatic rings. The Labute approximate surface area is 128 Å². The summed E-state index contributed by atoms with van der Waals surface area (Å²) in [6.45, 7) is 1.47. The minimum atomic E-state index is -0.786. The molecule has 1 aromatic heterocycles. The Kier molecular flexibility index (Phi) is 3.28. The Morgan fingerprint density at radius 1 is 1.00 bits per heavy atom. The van der Waals surface area contributed by atoms with Crippen LogP contribution in [0, 0.1) is 0 Å². The predicted molar refractivity (Wildman–Crippen MR) is 84.2 cm³/mol. The average Bonchev–Trinajstić information content (AvgIpc) is 2.92. The maximum Gasteiger partial charge on any atom is 0.135 e. The van der Waals surface area contributed by atoms with Gasteiger partial charge in [0.2, 0.25) is 0 Å². The molecule has 2 heterocycles. The molecule has 0 aliphatic carbocycles. The van der Waals surface area contributed by atoms with E-state index in [0.29, 0.717) is 26.1 Å². The van der Waals surface area contributed by atoms with Crippen molar-refractivity contribution in [2.75, 3.05) is 19.8 Å². The topological polar surface area (TPSA) is 51.8 Å². The van der Waals surface area contributed by atoms with Gasteiger partial charge in [-0.2, -0.15) is 0 Å². The van der Waals surface area contributed by atoms with Crippen LogP contribution in [0.2, 0.25) is 0 Å². The van der Waals surface area contributed by atoms with E-state index in [4.69, 9.17) is 13.9 Å². The maximum absolute atomic E-state index is 10.5. The van der Waals surface area contributed by atoms with Crippen LogP contribution >= 0.6 is 0 Å². The molecule has 1 fully saturated rings. The molecule has 4 rings (SSSR count). The van der Waals surface area contributed by atoms with E-state index in [1.165, 1.54) is 0 Å². The number of benzene rings is 2. The second-order valence-corrected chi connectivity index (χ2v) is 5.88. The van der Waals surface area contributed by atoms with Gasteiger partial charge in [-0.1, -0.05) is 18.2 Å². The summed E-state index contributed by atoms with van der Waals surface area (Å²) < 4.78 is 16.9. The van der Waals surface area contributed by atoms with Crippen LogP contribution in [-0.4, -0.2) is 30.5 Å². The number of hydrogen-bond donors (Lipinski definition) is 1. The van der Waals surface area contributed by atoms with Crippen LogP contribution in [0.4, 0.5) is 0 Å². The summed E-state index contributed by atoms with van der Waals surface area (Å²) in [5.41, 5.74) is 0.933. The standard InChI is InChI=1S/C18H18O4/c19-18(7-9-20-10-8-18)12-21-13-5-6-17-15(11-13)14-3-1-2-4-16(14)22-17/h1-6,11,19H,7-10,12H2. The van der Waals surface area contributed by atoms with Crippen molar-refractivity contribution in [3.8, 4) is 5.75 Å². The molecule has 1 saturated heterocycles. The van der Waals surface area contributed by atoms with Crippen molar-refractivity contribution in [1.82, 2.24) is 0 Å². The summed E-state index contributed by atoms with van der Waals surface area (Å²) in [6.07, 6.45) is 1.23. The summed E-state index contributed by atoms with van der Waals surface area (Å²) >= 11 is 0. The second-order valence-electron chi connectivity index (χ2n) is 5.88. The fourth-order valence-corrected chi connectivity index (χ4v) is 2.91. The molecule has 1 aliphatic rings. The van der Waals surface area contributed by atoms with Crippen LogP contribution in [0.15, 0.2) is 46.9 Å². The van der Waals surface area contributed by atoms with E-state index in [-0.39, 0.29) is 6.61 Å². The van der Waals surface area contributed by atoms with Crippen LogP contribution in [0.1, 0.15) is 12.8 Å². The molecule has 0 spiro atoms. The lowest BCUT2D eigenvalue weighted by molar-refractivity contribution is -0.0855. The van der Waals surface area contributed by atoms with Crippen LogP contribution in [0.3, 0.4) is 0 Å². The first-order chi connectivity index (χ1) is 10.7. The van der Waals surface area contributed by atoms with E-state index < -0.39 is 5.60 Å². The van der Waals surface area contributed by atoms with E-state index in [1.807, 2.05) is 42.5 Å². The normalized spacial score (nSPS) is 17.9. The smallest absolute Gasteiger partial charge is 0.135 e. The number of ether oxygens (including phenoxy) is 2. The monoisotopic (exact) mass is 298 g/mol. The summed E-state index contributed by atoms with van der Waals surface area (Å²) in [5, 5.41) is 12.6. The largest absolute Gasteiger partial charge is 0.491 e. The highest BCUT2D eigenvalue weighted by molar-refractivity contribution is 6.05. The highest BCUT2D eigenvalue weighted by Gasteiger charge is 2.30. The Hall–Kier alpha value is -2.04.